The number of nitrogen functional groups attached to an aromatic ring is 1. The lowest BCUT2D eigenvalue weighted by atomic mass is 10.2. The molecule has 3 N–H and O–H groups in total. The highest BCUT2D eigenvalue weighted by Gasteiger charge is 2.25. The molecule has 0 spiro atoms. The normalized spacial score (nSPS) is 21.7. The van der Waals surface area contributed by atoms with Gasteiger partial charge in [-0.25, -0.2) is 9.78 Å². The van der Waals surface area contributed by atoms with Gasteiger partial charge in [0.05, 0.1) is 18.5 Å². The maximum atomic E-state index is 12.0. The van der Waals surface area contributed by atoms with Gasteiger partial charge in [0.15, 0.2) is 0 Å². The monoisotopic (exact) mass is 295 g/mol. The number of ether oxygens (including phenoxy) is 1. The van der Waals surface area contributed by atoms with E-state index >= 15 is 0 Å². The van der Waals surface area contributed by atoms with Crippen LogP contribution < -0.4 is 11.1 Å². The van der Waals surface area contributed by atoms with Crippen molar-refractivity contribution < 1.29 is 9.53 Å². The largest absolute Gasteiger partial charge is 0.462 e. The lowest BCUT2D eigenvalue weighted by Gasteiger charge is -2.16. The van der Waals surface area contributed by atoms with E-state index in [2.05, 4.69) is 16.6 Å². The number of carbonyl (C=O) groups is 1. The van der Waals surface area contributed by atoms with Crippen LogP contribution in [0.25, 0.3) is 0 Å². The summed E-state index contributed by atoms with van der Waals surface area (Å²) in [5, 5.41) is 4.05. The number of nitrogens with two attached hydrogens (primary N) is 1. The van der Waals surface area contributed by atoms with Crippen molar-refractivity contribution in [2.24, 2.45) is 0 Å². The standard InChI is InChI=1S/C14H21N3O2S/c1-3-19-14(18)12-6-9(15)8-16-13(12)17-10-4-5-11(7-10)20-2/h6,8,10-11H,3-5,7,15H2,1-2H3,(H,16,17). The molecule has 2 rings (SSSR count). The van der Waals surface area contributed by atoms with Crippen molar-refractivity contribution in [3.05, 3.63) is 17.8 Å². The SMILES string of the molecule is CCOC(=O)c1cc(N)cnc1NC1CCC(SC)C1. The topological polar surface area (TPSA) is 77.2 Å². The van der Waals surface area contributed by atoms with Crippen LogP contribution in [0.15, 0.2) is 12.3 Å². The Morgan fingerprint density at radius 2 is 2.40 bits per heavy atom. The van der Waals surface area contributed by atoms with Crippen LogP contribution in [0, 0.1) is 0 Å². The number of esters is 1. The highest BCUT2D eigenvalue weighted by Crippen LogP contribution is 2.30. The Hall–Kier alpha value is -1.43. The Bertz CT molecular complexity index is 481. The molecule has 0 bridgehead atoms. The summed E-state index contributed by atoms with van der Waals surface area (Å²) >= 11 is 1.90. The van der Waals surface area contributed by atoms with E-state index in [1.807, 2.05) is 11.8 Å². The van der Waals surface area contributed by atoms with E-state index < -0.39 is 0 Å². The Balaban J connectivity index is 2.12. The molecule has 1 heterocycles. The molecule has 1 aromatic heterocycles. The highest BCUT2D eigenvalue weighted by atomic mass is 32.2. The van der Waals surface area contributed by atoms with E-state index in [4.69, 9.17) is 10.5 Å². The maximum absolute atomic E-state index is 12.0. The third-order valence-corrected chi connectivity index (χ3v) is 4.56. The first-order valence-corrected chi connectivity index (χ1v) is 8.14. The molecule has 0 aliphatic heterocycles. The van der Waals surface area contributed by atoms with E-state index in [9.17, 15) is 4.79 Å². The van der Waals surface area contributed by atoms with Gasteiger partial charge < -0.3 is 15.8 Å². The minimum Gasteiger partial charge on any atom is -0.462 e. The zero-order valence-electron chi connectivity index (χ0n) is 11.9. The van der Waals surface area contributed by atoms with Crippen LogP contribution in [0.2, 0.25) is 0 Å². The maximum Gasteiger partial charge on any atom is 0.341 e. The Morgan fingerprint density at radius 3 is 3.05 bits per heavy atom. The highest BCUT2D eigenvalue weighted by molar-refractivity contribution is 7.99. The summed E-state index contributed by atoms with van der Waals surface area (Å²) < 4.78 is 5.05. The smallest absolute Gasteiger partial charge is 0.341 e. The Labute approximate surface area is 123 Å². The van der Waals surface area contributed by atoms with Crippen molar-refractivity contribution in [2.75, 3.05) is 23.9 Å². The van der Waals surface area contributed by atoms with Crippen LogP contribution in [0.3, 0.4) is 0 Å². The summed E-state index contributed by atoms with van der Waals surface area (Å²) in [4.78, 5) is 16.2. The fraction of sp³-hybridized carbons (Fsp3) is 0.571. The molecule has 1 aliphatic rings. The first-order chi connectivity index (χ1) is 9.63. The van der Waals surface area contributed by atoms with Gasteiger partial charge in [0.2, 0.25) is 0 Å². The van der Waals surface area contributed by atoms with Crippen molar-refractivity contribution in [2.45, 2.75) is 37.5 Å². The fourth-order valence-electron chi connectivity index (χ4n) is 2.44. The van der Waals surface area contributed by atoms with Crippen LogP contribution in [-0.4, -0.2) is 35.1 Å². The molecule has 6 heteroatoms. The first kappa shape index (κ1) is 15.0. The van der Waals surface area contributed by atoms with Gasteiger partial charge in [0.25, 0.3) is 0 Å². The predicted octanol–water partition coefficient (Wildman–Crippen LogP) is 2.54. The fourth-order valence-corrected chi connectivity index (χ4v) is 3.24. The van der Waals surface area contributed by atoms with E-state index in [1.165, 1.54) is 6.42 Å². The van der Waals surface area contributed by atoms with Gasteiger partial charge in [-0.2, -0.15) is 11.8 Å². The molecule has 1 aliphatic carbocycles. The molecule has 0 amide bonds. The third-order valence-electron chi connectivity index (χ3n) is 3.46. The molecule has 110 valence electrons. The second kappa shape index (κ2) is 6.83. The number of thioether (sulfide) groups is 1. The van der Waals surface area contributed by atoms with Crippen molar-refractivity contribution in [3.63, 3.8) is 0 Å². The summed E-state index contributed by atoms with van der Waals surface area (Å²) in [6.45, 7) is 2.12. The van der Waals surface area contributed by atoms with Gasteiger partial charge in [-0.1, -0.05) is 0 Å². The number of aromatic nitrogens is 1. The number of hydrogen-bond donors (Lipinski definition) is 2. The third kappa shape index (κ3) is 3.56. The zero-order valence-corrected chi connectivity index (χ0v) is 12.7. The number of nitrogens with zero attached hydrogens (tertiary/aromatic N) is 1. The minimum atomic E-state index is -0.380. The number of anilines is 2. The first-order valence-electron chi connectivity index (χ1n) is 6.86. The summed E-state index contributed by atoms with van der Waals surface area (Å²) in [5.74, 6) is 0.193. The van der Waals surface area contributed by atoms with Gasteiger partial charge in [0, 0.05) is 11.3 Å². The van der Waals surface area contributed by atoms with Crippen LogP contribution in [0.1, 0.15) is 36.5 Å². The quantitative estimate of drug-likeness (QED) is 0.813. The molecule has 20 heavy (non-hydrogen) atoms. The van der Waals surface area contributed by atoms with Gasteiger partial charge >= 0.3 is 5.97 Å². The molecule has 2 unspecified atom stereocenters. The van der Waals surface area contributed by atoms with Crippen LogP contribution in [0.4, 0.5) is 11.5 Å². The average Bonchev–Trinajstić information content (AvgIpc) is 2.89. The molecule has 5 nitrogen and oxygen atoms in total. The lowest BCUT2D eigenvalue weighted by Crippen LogP contribution is -2.20. The van der Waals surface area contributed by atoms with Gasteiger partial charge in [-0.3, -0.25) is 0 Å². The van der Waals surface area contributed by atoms with Gasteiger partial charge in [0.1, 0.15) is 11.4 Å². The van der Waals surface area contributed by atoms with Crippen molar-refractivity contribution >= 4 is 29.2 Å². The second-order valence-corrected chi connectivity index (χ2v) is 6.04. The van der Waals surface area contributed by atoms with E-state index in [0.29, 0.717) is 35.0 Å². The van der Waals surface area contributed by atoms with Crippen molar-refractivity contribution in [1.82, 2.24) is 4.98 Å². The second-order valence-electron chi connectivity index (χ2n) is 4.90. The molecule has 0 aromatic carbocycles. The zero-order chi connectivity index (χ0) is 14.5. The summed E-state index contributed by atoms with van der Waals surface area (Å²) in [5.41, 5.74) is 6.59. The van der Waals surface area contributed by atoms with E-state index in [0.717, 1.165) is 12.8 Å². The Morgan fingerprint density at radius 1 is 1.60 bits per heavy atom. The van der Waals surface area contributed by atoms with E-state index in [1.54, 1.807) is 19.2 Å². The summed E-state index contributed by atoms with van der Waals surface area (Å²) in [7, 11) is 0. The lowest BCUT2D eigenvalue weighted by molar-refractivity contribution is 0.0527. The molecule has 1 saturated carbocycles. The van der Waals surface area contributed by atoms with Crippen molar-refractivity contribution in [3.8, 4) is 0 Å². The van der Waals surface area contributed by atoms with Crippen LogP contribution in [-0.2, 0) is 4.74 Å². The van der Waals surface area contributed by atoms with Crippen LogP contribution >= 0.6 is 11.8 Å². The number of nitrogens with one attached hydrogen (secondary N) is 1. The number of rotatable bonds is 5. The van der Waals surface area contributed by atoms with Gasteiger partial charge in [-0.05, 0) is 38.5 Å². The molecule has 0 saturated heterocycles. The predicted molar refractivity (Wildman–Crippen MR) is 83.2 cm³/mol. The van der Waals surface area contributed by atoms with Gasteiger partial charge in [-0.15, -0.1) is 0 Å². The molecular formula is C14H21N3O2S. The van der Waals surface area contributed by atoms with Crippen LogP contribution in [0.5, 0.6) is 0 Å². The Kier molecular flexibility index (Phi) is 5.11. The molecule has 2 atom stereocenters. The molecule has 1 aromatic rings. The van der Waals surface area contributed by atoms with E-state index in [-0.39, 0.29) is 5.97 Å². The average molecular weight is 295 g/mol. The van der Waals surface area contributed by atoms with Crippen molar-refractivity contribution in [1.29, 1.82) is 0 Å². The molecule has 0 radical (unpaired) electrons. The number of hydrogen-bond acceptors (Lipinski definition) is 6. The molecule has 1 fully saturated rings. The number of carbonyl (C=O) groups excluding carboxylic acids is 1. The summed E-state index contributed by atoms with van der Waals surface area (Å²) in [6.07, 6.45) is 7.09. The molecular weight excluding hydrogens is 274 g/mol. The summed E-state index contributed by atoms with van der Waals surface area (Å²) in [6, 6.07) is 1.98. The number of pyridine rings is 1. The minimum absolute atomic E-state index is 0.338.